The molecule has 2 amide bonds. The summed E-state index contributed by atoms with van der Waals surface area (Å²) in [5.74, 6) is 0.461. The molecule has 0 radical (unpaired) electrons. The molecule has 1 heterocycles. The summed E-state index contributed by atoms with van der Waals surface area (Å²) in [6, 6.07) is 5.77. The number of nitrogens with two attached hydrogens (primary N) is 1. The summed E-state index contributed by atoms with van der Waals surface area (Å²) in [7, 11) is 0. The summed E-state index contributed by atoms with van der Waals surface area (Å²) < 4.78 is 0. The lowest BCUT2D eigenvalue weighted by Gasteiger charge is -2.16. The Labute approximate surface area is 129 Å². The van der Waals surface area contributed by atoms with E-state index in [0.717, 1.165) is 11.1 Å². The number of nitrogens with zero attached hydrogens (tertiary/aromatic N) is 1. The fourth-order valence-electron chi connectivity index (χ4n) is 2.30. The minimum Gasteiger partial charge on any atom is -0.330 e. The van der Waals surface area contributed by atoms with E-state index in [0.29, 0.717) is 18.0 Å². The maximum Gasteiger partial charge on any atom is 0.247 e. The highest BCUT2D eigenvalue weighted by atomic mass is 35.5. The van der Waals surface area contributed by atoms with Gasteiger partial charge in [-0.15, -0.1) is 24.2 Å². The first kappa shape index (κ1) is 17.0. The number of carbonyl (C=O) groups is 2. The molecule has 1 aromatic carbocycles. The first-order valence-corrected chi connectivity index (χ1v) is 7.34. The van der Waals surface area contributed by atoms with Crippen molar-refractivity contribution in [1.29, 1.82) is 0 Å². The standard InChI is InChI=1S/C14H18N2O2S.ClH/c1-9-5-10(2)7-11(6-9)16-13(17)8-12(14(16)18)19-4-3-15;/h5-7,12H,3-4,8,15H2,1-2H3;1H. The number of thioether (sulfide) groups is 1. The summed E-state index contributed by atoms with van der Waals surface area (Å²) in [5, 5.41) is -0.281. The Hall–Kier alpha value is -1.04. The van der Waals surface area contributed by atoms with Gasteiger partial charge in [-0.05, 0) is 37.1 Å². The highest BCUT2D eigenvalue weighted by Gasteiger charge is 2.39. The first-order chi connectivity index (χ1) is 9.02. The number of carbonyl (C=O) groups excluding carboxylic acids is 2. The fourth-order valence-corrected chi connectivity index (χ4v) is 3.22. The van der Waals surface area contributed by atoms with E-state index in [4.69, 9.17) is 5.73 Å². The van der Waals surface area contributed by atoms with Gasteiger partial charge in [0.05, 0.1) is 10.9 Å². The maximum atomic E-state index is 12.3. The summed E-state index contributed by atoms with van der Waals surface area (Å²) in [6.45, 7) is 4.44. The normalized spacial score (nSPS) is 18.4. The Kier molecular flexibility index (Phi) is 6.05. The molecular weight excluding hydrogens is 296 g/mol. The van der Waals surface area contributed by atoms with Gasteiger partial charge in [0.1, 0.15) is 0 Å². The number of anilines is 1. The molecule has 1 saturated heterocycles. The van der Waals surface area contributed by atoms with Crippen molar-refractivity contribution in [3.63, 3.8) is 0 Å². The second-order valence-electron chi connectivity index (χ2n) is 4.77. The van der Waals surface area contributed by atoms with Crippen LogP contribution < -0.4 is 10.6 Å². The van der Waals surface area contributed by atoms with Gasteiger partial charge < -0.3 is 5.73 Å². The molecule has 0 spiro atoms. The van der Waals surface area contributed by atoms with Gasteiger partial charge in [0.25, 0.3) is 0 Å². The minimum atomic E-state index is -0.281. The molecule has 1 aromatic rings. The van der Waals surface area contributed by atoms with E-state index in [2.05, 4.69) is 0 Å². The molecule has 1 unspecified atom stereocenters. The van der Waals surface area contributed by atoms with Crippen LogP contribution >= 0.6 is 24.2 Å². The Morgan fingerprint density at radius 3 is 2.40 bits per heavy atom. The van der Waals surface area contributed by atoms with E-state index >= 15 is 0 Å². The second-order valence-corrected chi connectivity index (χ2v) is 6.08. The Morgan fingerprint density at radius 2 is 1.85 bits per heavy atom. The van der Waals surface area contributed by atoms with Crippen molar-refractivity contribution in [1.82, 2.24) is 0 Å². The number of hydrogen-bond donors (Lipinski definition) is 1. The zero-order valence-corrected chi connectivity index (χ0v) is 13.2. The SMILES string of the molecule is Cc1cc(C)cc(N2C(=O)CC(SCCN)C2=O)c1.Cl. The van der Waals surface area contributed by atoms with Crippen LogP contribution in [0.15, 0.2) is 18.2 Å². The molecule has 0 aromatic heterocycles. The molecule has 110 valence electrons. The van der Waals surface area contributed by atoms with Crippen LogP contribution in [0.4, 0.5) is 5.69 Å². The van der Waals surface area contributed by atoms with Crippen LogP contribution in [0.2, 0.25) is 0 Å². The van der Waals surface area contributed by atoms with Crippen LogP contribution in [-0.2, 0) is 9.59 Å². The van der Waals surface area contributed by atoms with Crippen molar-refractivity contribution in [2.24, 2.45) is 5.73 Å². The molecule has 4 nitrogen and oxygen atoms in total. The molecule has 1 atom stereocenters. The highest BCUT2D eigenvalue weighted by Crippen LogP contribution is 2.30. The van der Waals surface area contributed by atoms with E-state index in [1.54, 1.807) is 0 Å². The highest BCUT2D eigenvalue weighted by molar-refractivity contribution is 8.00. The predicted molar refractivity (Wildman–Crippen MR) is 85.6 cm³/mol. The zero-order chi connectivity index (χ0) is 14.0. The maximum absolute atomic E-state index is 12.3. The third kappa shape index (κ3) is 3.53. The van der Waals surface area contributed by atoms with Crippen molar-refractivity contribution in [2.45, 2.75) is 25.5 Å². The van der Waals surface area contributed by atoms with Crippen molar-refractivity contribution in [3.05, 3.63) is 29.3 Å². The molecule has 1 aliphatic heterocycles. The molecule has 0 aliphatic carbocycles. The molecule has 2 rings (SSSR count). The Morgan fingerprint density at radius 1 is 1.25 bits per heavy atom. The second kappa shape index (κ2) is 7.11. The van der Waals surface area contributed by atoms with Crippen molar-refractivity contribution < 1.29 is 9.59 Å². The number of imide groups is 1. The number of amides is 2. The van der Waals surface area contributed by atoms with Crippen LogP contribution in [0, 0.1) is 13.8 Å². The molecule has 0 bridgehead atoms. The van der Waals surface area contributed by atoms with Gasteiger partial charge in [-0.25, -0.2) is 4.90 Å². The van der Waals surface area contributed by atoms with E-state index in [-0.39, 0.29) is 35.9 Å². The molecule has 0 saturated carbocycles. The molecule has 1 aliphatic rings. The molecule has 20 heavy (non-hydrogen) atoms. The lowest BCUT2D eigenvalue weighted by molar-refractivity contribution is -0.121. The average molecular weight is 315 g/mol. The predicted octanol–water partition coefficient (Wildman–Crippen LogP) is 2.05. The third-order valence-corrected chi connectivity index (χ3v) is 4.25. The van der Waals surface area contributed by atoms with Gasteiger partial charge in [0.2, 0.25) is 11.8 Å². The smallest absolute Gasteiger partial charge is 0.247 e. The summed E-state index contributed by atoms with van der Waals surface area (Å²) >= 11 is 1.47. The van der Waals surface area contributed by atoms with E-state index in [1.807, 2.05) is 32.0 Å². The van der Waals surface area contributed by atoms with E-state index in [9.17, 15) is 9.59 Å². The number of halogens is 1. The molecular formula is C14H19ClN2O2S. The Balaban J connectivity index is 0.00000200. The van der Waals surface area contributed by atoms with Gasteiger partial charge in [0, 0.05) is 18.7 Å². The van der Waals surface area contributed by atoms with E-state index < -0.39 is 0 Å². The minimum absolute atomic E-state index is 0. The van der Waals surface area contributed by atoms with Gasteiger partial charge >= 0.3 is 0 Å². The fraction of sp³-hybridized carbons (Fsp3) is 0.429. The molecule has 2 N–H and O–H groups in total. The van der Waals surface area contributed by atoms with Crippen LogP contribution in [0.3, 0.4) is 0 Å². The lowest BCUT2D eigenvalue weighted by Crippen LogP contribution is -2.31. The summed E-state index contributed by atoms with van der Waals surface area (Å²) in [5.41, 5.74) is 8.22. The topological polar surface area (TPSA) is 63.4 Å². The quantitative estimate of drug-likeness (QED) is 0.864. The zero-order valence-electron chi connectivity index (χ0n) is 11.6. The van der Waals surface area contributed by atoms with Gasteiger partial charge in [-0.2, -0.15) is 0 Å². The van der Waals surface area contributed by atoms with Crippen molar-refractivity contribution in [3.8, 4) is 0 Å². The van der Waals surface area contributed by atoms with Gasteiger partial charge in [-0.3, -0.25) is 9.59 Å². The summed E-state index contributed by atoms with van der Waals surface area (Å²) in [6.07, 6.45) is 0.274. The van der Waals surface area contributed by atoms with Crippen LogP contribution in [-0.4, -0.2) is 29.4 Å². The Bertz CT molecular complexity index is 502. The van der Waals surface area contributed by atoms with Gasteiger partial charge in [-0.1, -0.05) is 6.07 Å². The van der Waals surface area contributed by atoms with Crippen molar-refractivity contribution in [2.75, 3.05) is 17.2 Å². The molecule has 6 heteroatoms. The monoisotopic (exact) mass is 314 g/mol. The van der Waals surface area contributed by atoms with Crippen LogP contribution in [0.5, 0.6) is 0 Å². The largest absolute Gasteiger partial charge is 0.330 e. The number of rotatable bonds is 4. The average Bonchev–Trinajstić information content (AvgIpc) is 2.60. The molecule has 1 fully saturated rings. The number of hydrogen-bond acceptors (Lipinski definition) is 4. The van der Waals surface area contributed by atoms with E-state index in [1.165, 1.54) is 16.7 Å². The van der Waals surface area contributed by atoms with Crippen LogP contribution in [0.1, 0.15) is 17.5 Å². The van der Waals surface area contributed by atoms with Gasteiger partial charge in [0.15, 0.2) is 0 Å². The number of benzene rings is 1. The van der Waals surface area contributed by atoms with Crippen molar-refractivity contribution >= 4 is 41.7 Å². The summed E-state index contributed by atoms with van der Waals surface area (Å²) in [4.78, 5) is 25.6. The lowest BCUT2D eigenvalue weighted by atomic mass is 10.1. The third-order valence-electron chi connectivity index (χ3n) is 3.01. The van der Waals surface area contributed by atoms with Crippen LogP contribution in [0.25, 0.3) is 0 Å². The number of aryl methyl sites for hydroxylation is 2. The first-order valence-electron chi connectivity index (χ1n) is 6.29.